The van der Waals surface area contributed by atoms with Crippen LogP contribution in [0.4, 0.5) is 4.79 Å². The van der Waals surface area contributed by atoms with E-state index in [2.05, 4.69) is 4.98 Å². The maximum Gasteiger partial charge on any atom is 0.509 e. The fraction of sp³-hybridized carbons (Fsp3) is 0.571. The van der Waals surface area contributed by atoms with Crippen LogP contribution in [0.2, 0.25) is 0 Å². The Morgan fingerprint density at radius 3 is 2.75 bits per heavy atom. The Kier molecular flexibility index (Phi) is 5.07. The molecule has 0 aliphatic carbocycles. The molecule has 2 atom stereocenters. The van der Waals surface area contributed by atoms with E-state index in [0.29, 0.717) is 12.8 Å². The summed E-state index contributed by atoms with van der Waals surface area (Å²) in [6.45, 7) is 2.31. The number of nitrogens with one attached hydrogen (secondary N) is 1. The molecule has 10 heteroatoms. The zero-order valence-electron chi connectivity index (χ0n) is 13.2. The largest absolute Gasteiger partial charge is 0.509 e. The van der Waals surface area contributed by atoms with Crippen molar-refractivity contribution in [3.8, 4) is 0 Å². The van der Waals surface area contributed by atoms with Gasteiger partial charge in [-0.05, 0) is 26.7 Å². The zero-order valence-corrected chi connectivity index (χ0v) is 13.2. The van der Waals surface area contributed by atoms with E-state index in [9.17, 15) is 19.2 Å². The van der Waals surface area contributed by atoms with Crippen LogP contribution in [0, 0.1) is 0 Å². The van der Waals surface area contributed by atoms with Gasteiger partial charge >= 0.3 is 17.8 Å². The quantitative estimate of drug-likeness (QED) is 0.726. The molecule has 1 fully saturated rings. The summed E-state index contributed by atoms with van der Waals surface area (Å²) in [4.78, 5) is 47.2. The fourth-order valence-corrected chi connectivity index (χ4v) is 2.11. The van der Waals surface area contributed by atoms with Gasteiger partial charge in [0.05, 0.1) is 6.10 Å². The topological polar surface area (TPSA) is 137 Å². The predicted molar refractivity (Wildman–Crippen MR) is 78.6 cm³/mol. The van der Waals surface area contributed by atoms with Crippen LogP contribution in [0.3, 0.4) is 0 Å². The van der Waals surface area contributed by atoms with Crippen molar-refractivity contribution in [1.29, 1.82) is 0 Å². The van der Waals surface area contributed by atoms with Gasteiger partial charge in [0.1, 0.15) is 12.8 Å². The number of aromatic nitrogens is 2. The summed E-state index contributed by atoms with van der Waals surface area (Å²) < 4.78 is 16.4. The number of carboxylic acids is 1. The van der Waals surface area contributed by atoms with Gasteiger partial charge in [-0.3, -0.25) is 14.3 Å². The molecule has 1 aliphatic heterocycles. The summed E-state index contributed by atoms with van der Waals surface area (Å²) in [6.07, 6.45) is 0.194. The summed E-state index contributed by atoms with van der Waals surface area (Å²) in [5.74, 6) is -1.30. The Bertz CT molecular complexity index is 735. The molecule has 2 heterocycles. The third-order valence-electron chi connectivity index (χ3n) is 3.49. The summed E-state index contributed by atoms with van der Waals surface area (Å²) >= 11 is 0. The average molecular weight is 342 g/mol. The number of aromatic amines is 1. The van der Waals surface area contributed by atoms with E-state index < -0.39 is 41.3 Å². The lowest BCUT2D eigenvalue weighted by Crippen LogP contribution is -2.37. The van der Waals surface area contributed by atoms with E-state index in [1.165, 1.54) is 30.7 Å². The van der Waals surface area contributed by atoms with Crippen LogP contribution in [0.25, 0.3) is 0 Å². The van der Waals surface area contributed by atoms with E-state index >= 15 is 0 Å². The summed E-state index contributed by atoms with van der Waals surface area (Å²) in [7, 11) is 0. The van der Waals surface area contributed by atoms with E-state index in [-0.39, 0.29) is 6.61 Å². The molecular formula is C14H18N2O8. The van der Waals surface area contributed by atoms with Crippen molar-refractivity contribution in [3.63, 3.8) is 0 Å². The fourth-order valence-electron chi connectivity index (χ4n) is 2.11. The number of hydrogen-bond donors (Lipinski definition) is 2. The zero-order chi connectivity index (χ0) is 17.9. The number of carbonyl (C=O) groups excluding carboxylic acids is 1. The van der Waals surface area contributed by atoms with E-state index in [0.717, 1.165) is 0 Å². The van der Waals surface area contributed by atoms with Crippen LogP contribution >= 0.6 is 0 Å². The summed E-state index contributed by atoms with van der Waals surface area (Å²) in [6, 6.07) is 1.21. The maximum atomic E-state index is 11.7. The van der Waals surface area contributed by atoms with Gasteiger partial charge in [-0.25, -0.2) is 14.4 Å². The third kappa shape index (κ3) is 4.22. The Morgan fingerprint density at radius 1 is 1.42 bits per heavy atom. The number of H-pyrrole nitrogens is 1. The minimum absolute atomic E-state index is 0.136. The first-order chi connectivity index (χ1) is 11.2. The molecule has 132 valence electrons. The molecule has 10 nitrogen and oxygen atoms in total. The van der Waals surface area contributed by atoms with Crippen molar-refractivity contribution in [1.82, 2.24) is 9.55 Å². The lowest BCUT2D eigenvalue weighted by Gasteiger charge is -2.20. The molecule has 0 bridgehead atoms. The molecule has 1 aromatic rings. The standard InChI is InChI=1S/C14H18N2O8/c1-14(2,11(18)19)24-13(21)22-7-8-3-4-10(23-8)16-6-5-9(17)15-12(16)20/h5-6,8,10H,3-4,7H2,1-2H3,(H,18,19)(H,15,17,20). The normalized spacial score (nSPS) is 20.6. The first-order valence-corrected chi connectivity index (χ1v) is 7.25. The third-order valence-corrected chi connectivity index (χ3v) is 3.49. The number of carboxylic acid groups (broad SMARTS) is 1. The highest BCUT2D eigenvalue weighted by Crippen LogP contribution is 2.27. The van der Waals surface area contributed by atoms with Crippen LogP contribution in [-0.4, -0.2) is 45.1 Å². The molecule has 2 unspecified atom stereocenters. The van der Waals surface area contributed by atoms with Gasteiger partial charge < -0.3 is 19.3 Å². The molecule has 2 rings (SSSR count). The molecule has 2 N–H and O–H groups in total. The van der Waals surface area contributed by atoms with Gasteiger partial charge in [0, 0.05) is 12.3 Å². The van der Waals surface area contributed by atoms with E-state index in [1.54, 1.807) is 0 Å². The molecule has 0 amide bonds. The highest BCUT2D eigenvalue weighted by Gasteiger charge is 2.33. The lowest BCUT2D eigenvalue weighted by molar-refractivity contribution is -0.157. The number of nitrogens with zero attached hydrogens (tertiary/aromatic N) is 1. The molecule has 0 spiro atoms. The lowest BCUT2D eigenvalue weighted by atomic mass is 10.1. The van der Waals surface area contributed by atoms with E-state index in [4.69, 9.17) is 19.3 Å². The van der Waals surface area contributed by atoms with Crippen LogP contribution in [0.15, 0.2) is 21.9 Å². The number of carbonyl (C=O) groups is 2. The Labute approximate surface area is 136 Å². The second-order valence-corrected chi connectivity index (χ2v) is 5.79. The van der Waals surface area contributed by atoms with Crippen LogP contribution in [0.1, 0.15) is 32.9 Å². The van der Waals surface area contributed by atoms with Crippen molar-refractivity contribution >= 4 is 12.1 Å². The van der Waals surface area contributed by atoms with Crippen molar-refractivity contribution in [2.24, 2.45) is 0 Å². The first-order valence-electron chi connectivity index (χ1n) is 7.25. The first kappa shape index (κ1) is 17.7. The smallest absolute Gasteiger partial charge is 0.478 e. The Morgan fingerprint density at radius 2 is 2.12 bits per heavy atom. The number of ether oxygens (including phenoxy) is 3. The molecule has 1 saturated heterocycles. The molecule has 0 saturated carbocycles. The summed E-state index contributed by atoms with van der Waals surface area (Å²) in [5, 5.41) is 8.86. The van der Waals surface area contributed by atoms with Gasteiger partial charge in [0.2, 0.25) is 5.60 Å². The van der Waals surface area contributed by atoms with Gasteiger partial charge in [0.25, 0.3) is 5.56 Å². The van der Waals surface area contributed by atoms with Crippen molar-refractivity contribution in [3.05, 3.63) is 33.1 Å². The SMILES string of the molecule is CC(C)(OC(=O)OCC1CCC(n2ccc(=O)[nH]c2=O)O1)C(=O)O. The molecular weight excluding hydrogens is 324 g/mol. The van der Waals surface area contributed by atoms with Crippen LogP contribution in [-0.2, 0) is 19.0 Å². The molecule has 1 aromatic heterocycles. The highest BCUT2D eigenvalue weighted by molar-refractivity contribution is 5.79. The monoisotopic (exact) mass is 342 g/mol. The number of rotatable bonds is 5. The second kappa shape index (κ2) is 6.87. The van der Waals surface area contributed by atoms with Gasteiger partial charge in [-0.1, -0.05) is 0 Å². The van der Waals surface area contributed by atoms with Crippen molar-refractivity contribution in [2.45, 2.75) is 44.6 Å². The van der Waals surface area contributed by atoms with Gasteiger partial charge in [0.15, 0.2) is 0 Å². The molecule has 24 heavy (non-hydrogen) atoms. The maximum absolute atomic E-state index is 11.7. The second-order valence-electron chi connectivity index (χ2n) is 5.79. The number of hydrogen-bond acceptors (Lipinski definition) is 7. The van der Waals surface area contributed by atoms with Crippen LogP contribution < -0.4 is 11.2 Å². The summed E-state index contributed by atoms with van der Waals surface area (Å²) in [5.41, 5.74) is -2.78. The van der Waals surface area contributed by atoms with Gasteiger partial charge in [-0.2, -0.15) is 0 Å². The average Bonchev–Trinajstić information content (AvgIpc) is 2.93. The molecule has 0 radical (unpaired) electrons. The predicted octanol–water partition coefficient (Wildman–Crippen LogP) is 0.231. The van der Waals surface area contributed by atoms with Crippen molar-refractivity contribution in [2.75, 3.05) is 6.61 Å². The number of aliphatic carboxylic acids is 1. The van der Waals surface area contributed by atoms with Crippen molar-refractivity contribution < 1.29 is 28.9 Å². The molecule has 0 aromatic carbocycles. The van der Waals surface area contributed by atoms with Crippen LogP contribution in [0.5, 0.6) is 0 Å². The minimum atomic E-state index is -1.70. The Balaban J connectivity index is 1.86. The Hall–Kier alpha value is -2.62. The highest BCUT2D eigenvalue weighted by atomic mass is 16.7. The van der Waals surface area contributed by atoms with Gasteiger partial charge in [-0.15, -0.1) is 0 Å². The molecule has 1 aliphatic rings. The minimum Gasteiger partial charge on any atom is -0.478 e. The van der Waals surface area contributed by atoms with E-state index in [1.807, 2.05) is 0 Å².